The van der Waals surface area contributed by atoms with Crippen LogP contribution in [0.4, 0.5) is 5.69 Å². The number of aryl methyl sites for hydroxylation is 1. The van der Waals surface area contributed by atoms with Crippen molar-refractivity contribution < 1.29 is 18.3 Å². The Balaban J connectivity index is 2.57. The summed E-state index contributed by atoms with van der Waals surface area (Å²) in [6, 6.07) is 4.59. The van der Waals surface area contributed by atoms with Gasteiger partial charge in [-0.1, -0.05) is 18.5 Å². The summed E-state index contributed by atoms with van der Waals surface area (Å²) < 4.78 is 23.5. The Bertz CT molecular complexity index is 832. The number of carbonyl (C=O) groups excluding carboxylic acids is 1. The number of nitrogens with one attached hydrogen (secondary N) is 1. The molecule has 122 valence electrons. The molecule has 0 atom stereocenters. The maximum absolute atomic E-state index is 12.0. The largest absolute Gasteiger partial charge is 0.508 e. The zero-order chi connectivity index (χ0) is 17.1. The van der Waals surface area contributed by atoms with Crippen LogP contribution in [0.5, 0.6) is 5.75 Å². The van der Waals surface area contributed by atoms with E-state index in [1.165, 1.54) is 12.1 Å². The van der Waals surface area contributed by atoms with Gasteiger partial charge in [-0.15, -0.1) is 0 Å². The van der Waals surface area contributed by atoms with Crippen molar-refractivity contribution in [3.8, 4) is 5.75 Å². The summed E-state index contributed by atoms with van der Waals surface area (Å²) in [6.45, 7) is 3.54. The minimum atomic E-state index is -3.05. The average molecular weight is 356 g/mol. The van der Waals surface area contributed by atoms with Crippen LogP contribution < -0.4 is 4.72 Å². The number of ketones is 1. The molecular formula is C14H14ClN3O4S. The third-order valence-electron chi connectivity index (χ3n) is 3.12. The van der Waals surface area contributed by atoms with E-state index < -0.39 is 22.5 Å². The van der Waals surface area contributed by atoms with Crippen molar-refractivity contribution in [2.75, 3.05) is 0 Å². The third kappa shape index (κ3) is 3.77. The molecule has 0 aliphatic carbocycles. The Kier molecular flexibility index (Phi) is 5.17. The molecule has 7 nitrogen and oxygen atoms in total. The van der Waals surface area contributed by atoms with Gasteiger partial charge in [0.05, 0.1) is 10.7 Å². The number of hydrogen-bond acceptors (Lipinski definition) is 5. The summed E-state index contributed by atoms with van der Waals surface area (Å²) in [4.78, 5) is 20.3. The van der Waals surface area contributed by atoms with Gasteiger partial charge < -0.3 is 5.11 Å². The number of hydrogen-bond donors (Lipinski definition) is 3. The molecule has 1 aromatic rings. The molecule has 0 bridgehead atoms. The second-order valence-electron chi connectivity index (χ2n) is 4.71. The van der Waals surface area contributed by atoms with E-state index in [0.717, 1.165) is 0 Å². The van der Waals surface area contributed by atoms with Crippen molar-refractivity contribution in [3.63, 3.8) is 0 Å². The lowest BCUT2D eigenvalue weighted by Gasteiger charge is -2.15. The van der Waals surface area contributed by atoms with Crippen LogP contribution in [0.3, 0.4) is 0 Å². The molecule has 9 heteroatoms. The molecule has 0 spiro atoms. The lowest BCUT2D eigenvalue weighted by Crippen LogP contribution is -2.35. The smallest absolute Gasteiger partial charge is 0.240 e. The normalized spacial score (nSPS) is 17.0. The average Bonchev–Trinajstić information content (AvgIpc) is 2.47. The van der Waals surface area contributed by atoms with Crippen LogP contribution in [0.1, 0.15) is 18.9 Å². The second kappa shape index (κ2) is 6.93. The van der Waals surface area contributed by atoms with E-state index in [1.807, 2.05) is 4.72 Å². The Morgan fingerprint density at radius 3 is 2.65 bits per heavy atom. The summed E-state index contributed by atoms with van der Waals surface area (Å²) in [5.74, 6) is -0.823. The molecule has 1 aliphatic heterocycles. The van der Waals surface area contributed by atoms with Crippen LogP contribution in [-0.4, -0.2) is 31.0 Å². The van der Waals surface area contributed by atoms with E-state index >= 15 is 0 Å². The van der Waals surface area contributed by atoms with Crippen LogP contribution in [0.15, 0.2) is 38.8 Å². The van der Waals surface area contributed by atoms with Crippen molar-refractivity contribution in [2.24, 2.45) is 9.98 Å². The number of thiol groups is 1. The number of halogens is 1. The summed E-state index contributed by atoms with van der Waals surface area (Å²) in [5, 5.41) is 9.32. The molecule has 0 unspecified atom stereocenters. The third-order valence-corrected chi connectivity index (χ3v) is 3.92. The number of phenols is 1. The highest BCUT2D eigenvalue weighted by Gasteiger charge is 2.27. The van der Waals surface area contributed by atoms with Gasteiger partial charge in [0.1, 0.15) is 5.75 Å². The highest BCUT2D eigenvalue weighted by atomic mass is 35.5. The zero-order valence-corrected chi connectivity index (χ0v) is 14.0. The molecule has 1 heterocycles. The van der Waals surface area contributed by atoms with Gasteiger partial charge in [0.25, 0.3) is 0 Å². The number of amidine groups is 2. The van der Waals surface area contributed by atoms with Crippen LogP contribution in [-0.2, 0) is 15.7 Å². The zero-order valence-electron chi connectivity index (χ0n) is 12.3. The van der Waals surface area contributed by atoms with Gasteiger partial charge >= 0.3 is 0 Å². The van der Waals surface area contributed by atoms with E-state index in [-0.39, 0.29) is 16.6 Å². The molecule has 1 aromatic carbocycles. The topological polar surface area (TPSA) is 108 Å². The number of nitrogens with zero attached hydrogens (tertiary/aromatic N) is 2. The van der Waals surface area contributed by atoms with Crippen LogP contribution in [0.25, 0.3) is 0 Å². The van der Waals surface area contributed by atoms with Gasteiger partial charge in [0.2, 0.25) is 16.7 Å². The predicted octanol–water partition coefficient (Wildman–Crippen LogP) is 1.73. The lowest BCUT2D eigenvalue weighted by atomic mass is 10.1. The van der Waals surface area contributed by atoms with Gasteiger partial charge in [0, 0.05) is 5.57 Å². The van der Waals surface area contributed by atoms with E-state index in [2.05, 4.69) is 9.98 Å². The number of aliphatic imine (C=N–C) groups is 2. The van der Waals surface area contributed by atoms with Crippen molar-refractivity contribution in [2.45, 2.75) is 20.3 Å². The van der Waals surface area contributed by atoms with E-state index in [1.54, 1.807) is 19.9 Å². The number of benzene rings is 1. The van der Waals surface area contributed by atoms with E-state index in [0.29, 0.717) is 23.2 Å². The van der Waals surface area contributed by atoms with Gasteiger partial charge in [-0.3, -0.25) is 9.52 Å². The molecule has 0 saturated carbocycles. The molecular weight excluding hydrogens is 342 g/mol. The summed E-state index contributed by atoms with van der Waals surface area (Å²) in [7, 11) is -3.05. The first-order valence-electron chi connectivity index (χ1n) is 6.65. The first-order valence-corrected chi connectivity index (χ1v) is 8.20. The molecule has 2 rings (SSSR count). The maximum Gasteiger partial charge on any atom is 0.240 e. The minimum absolute atomic E-state index is 0.101. The first kappa shape index (κ1) is 17.2. The maximum atomic E-state index is 12.0. The standard InChI is InChI=1S/C14H14ClN3O4S/c1-3-9-11(15)12(20)14(18-23(21)22)17-13(9)16-10-5-4-8(19)6-7(10)2/h4-6,19,23H,3H2,1-2H3,(H,16,17,18,21,22). The van der Waals surface area contributed by atoms with E-state index in [4.69, 9.17) is 11.6 Å². The number of dihydropyridines is 1. The number of aromatic hydroxyl groups is 1. The number of rotatable bonds is 3. The molecule has 2 N–H and O–H groups in total. The van der Waals surface area contributed by atoms with Crippen LogP contribution >= 0.6 is 11.6 Å². The van der Waals surface area contributed by atoms with Gasteiger partial charge in [0.15, 0.2) is 11.7 Å². The monoisotopic (exact) mass is 355 g/mol. The molecule has 0 amide bonds. The Morgan fingerprint density at radius 2 is 2.09 bits per heavy atom. The highest BCUT2D eigenvalue weighted by molar-refractivity contribution is 7.71. The quantitative estimate of drug-likeness (QED) is 0.717. The fourth-order valence-electron chi connectivity index (χ4n) is 2.01. The molecule has 23 heavy (non-hydrogen) atoms. The second-order valence-corrected chi connectivity index (χ2v) is 5.83. The van der Waals surface area contributed by atoms with Gasteiger partial charge in [-0.05, 0) is 37.1 Å². The lowest BCUT2D eigenvalue weighted by molar-refractivity contribution is -0.109. The van der Waals surface area contributed by atoms with Crippen molar-refractivity contribution in [1.29, 1.82) is 0 Å². The highest BCUT2D eigenvalue weighted by Crippen LogP contribution is 2.27. The van der Waals surface area contributed by atoms with Crippen molar-refractivity contribution >= 4 is 45.6 Å². The summed E-state index contributed by atoms with van der Waals surface area (Å²) in [5.41, 5.74) is 1.65. The molecule has 0 fully saturated rings. The SMILES string of the molecule is CCC1=C(Cl)C(=O)C(N[SH](=O)=O)=NC1=Nc1ccc(O)cc1C. The van der Waals surface area contributed by atoms with Gasteiger partial charge in [-0.2, -0.15) is 0 Å². The van der Waals surface area contributed by atoms with Crippen LogP contribution in [0, 0.1) is 6.92 Å². The molecule has 0 aromatic heterocycles. The molecule has 0 saturated heterocycles. The van der Waals surface area contributed by atoms with Gasteiger partial charge in [-0.25, -0.2) is 18.4 Å². The van der Waals surface area contributed by atoms with Crippen molar-refractivity contribution in [1.82, 2.24) is 4.72 Å². The molecule has 0 radical (unpaired) electrons. The van der Waals surface area contributed by atoms with E-state index in [9.17, 15) is 18.3 Å². The van der Waals surface area contributed by atoms with Crippen LogP contribution in [0.2, 0.25) is 0 Å². The van der Waals surface area contributed by atoms with Crippen molar-refractivity contribution in [3.05, 3.63) is 34.4 Å². The number of phenolic OH excluding ortho intramolecular Hbond substituents is 1. The Hall–Kier alpha value is -2.19. The Morgan fingerprint density at radius 1 is 1.39 bits per heavy atom. The fourth-order valence-corrected chi connectivity index (χ4v) is 2.64. The number of Topliss-reactive ketones (excluding diaryl/α,β-unsaturated/α-hetero) is 1. The summed E-state index contributed by atoms with van der Waals surface area (Å²) in [6.07, 6.45) is 0.404. The number of carbonyl (C=O) groups is 1. The first-order chi connectivity index (χ1) is 10.8. The summed E-state index contributed by atoms with van der Waals surface area (Å²) >= 11 is 6.03. The minimum Gasteiger partial charge on any atom is -0.508 e. The molecule has 1 aliphatic rings. The Labute approximate surface area is 139 Å². The fraction of sp³-hybridized carbons (Fsp3) is 0.214. The predicted molar refractivity (Wildman–Crippen MR) is 89.0 cm³/mol.